The van der Waals surface area contributed by atoms with Gasteiger partial charge in [0.05, 0.1) is 5.02 Å². The number of carbonyl (C=O) groups excluding carboxylic acids is 1. The van der Waals surface area contributed by atoms with Crippen LogP contribution >= 0.6 is 27.5 Å². The van der Waals surface area contributed by atoms with E-state index in [0.29, 0.717) is 12.1 Å². The van der Waals surface area contributed by atoms with E-state index in [1.807, 2.05) is 0 Å². The largest absolute Gasteiger partial charge is 0.506 e. The zero-order valence-electron chi connectivity index (χ0n) is 11.2. The molecule has 0 saturated heterocycles. The normalized spacial score (nSPS) is 11.4. The molecule has 0 heterocycles. The molecule has 19 heavy (non-hydrogen) atoms. The third kappa shape index (κ3) is 5.41. The number of phenols is 1. The number of amides is 1. The molecule has 1 rings (SSSR count). The van der Waals surface area contributed by atoms with E-state index in [0.717, 1.165) is 18.2 Å². The lowest BCUT2D eigenvalue weighted by molar-refractivity contribution is 0.0934. The van der Waals surface area contributed by atoms with Crippen molar-refractivity contribution in [2.45, 2.75) is 26.7 Å². The van der Waals surface area contributed by atoms with Crippen LogP contribution in [0.1, 0.15) is 37.0 Å². The first-order valence-electron chi connectivity index (χ1n) is 6.18. The molecule has 0 saturated carbocycles. The van der Waals surface area contributed by atoms with Crippen LogP contribution in [0.5, 0.6) is 5.75 Å². The molecular weight excluding hydrogens is 330 g/mol. The summed E-state index contributed by atoms with van der Waals surface area (Å²) in [6, 6.07) is 4.45. The summed E-state index contributed by atoms with van der Waals surface area (Å²) >= 11 is 9.19. The summed E-state index contributed by atoms with van der Waals surface area (Å²) in [7, 11) is 0. The molecule has 5 heteroatoms. The summed E-state index contributed by atoms with van der Waals surface area (Å²) in [5, 5.41) is 13.4. The van der Waals surface area contributed by atoms with Crippen LogP contribution in [0.15, 0.2) is 18.2 Å². The highest BCUT2D eigenvalue weighted by molar-refractivity contribution is 9.09. The maximum Gasteiger partial charge on any atom is 0.251 e. The second-order valence-corrected chi connectivity index (χ2v) is 6.51. The monoisotopic (exact) mass is 347 g/mol. The molecule has 1 aromatic rings. The summed E-state index contributed by atoms with van der Waals surface area (Å²) < 4.78 is 0. The summed E-state index contributed by atoms with van der Waals surface area (Å²) in [6.45, 7) is 4.86. The highest BCUT2D eigenvalue weighted by atomic mass is 79.9. The Bertz CT molecular complexity index is 449. The van der Waals surface area contributed by atoms with E-state index < -0.39 is 0 Å². The Labute approximate surface area is 127 Å². The molecule has 1 amide bonds. The van der Waals surface area contributed by atoms with Crippen molar-refractivity contribution >= 4 is 33.4 Å². The third-order valence-corrected chi connectivity index (χ3v) is 3.79. The fourth-order valence-corrected chi connectivity index (χ4v) is 2.16. The number of hydrogen-bond acceptors (Lipinski definition) is 2. The van der Waals surface area contributed by atoms with Gasteiger partial charge < -0.3 is 10.4 Å². The van der Waals surface area contributed by atoms with E-state index in [2.05, 4.69) is 35.1 Å². The Kier molecular flexibility index (Phi) is 6.14. The molecule has 0 bridgehead atoms. The predicted molar refractivity (Wildman–Crippen MR) is 82.3 cm³/mol. The number of rotatable bonds is 6. The van der Waals surface area contributed by atoms with Crippen LogP contribution in [0.3, 0.4) is 0 Å². The number of hydrogen-bond donors (Lipinski definition) is 2. The van der Waals surface area contributed by atoms with Crippen molar-refractivity contribution in [3.63, 3.8) is 0 Å². The van der Waals surface area contributed by atoms with Crippen LogP contribution in [0.4, 0.5) is 0 Å². The first-order chi connectivity index (χ1) is 8.85. The van der Waals surface area contributed by atoms with E-state index >= 15 is 0 Å². The molecule has 0 aliphatic heterocycles. The van der Waals surface area contributed by atoms with E-state index in [-0.39, 0.29) is 22.1 Å². The van der Waals surface area contributed by atoms with Gasteiger partial charge in [0.25, 0.3) is 5.91 Å². The van der Waals surface area contributed by atoms with Crippen LogP contribution in [0.25, 0.3) is 0 Å². The lowest BCUT2D eigenvalue weighted by atomic mass is 9.88. The van der Waals surface area contributed by atoms with Crippen molar-refractivity contribution in [3.8, 4) is 5.75 Å². The zero-order chi connectivity index (χ0) is 14.5. The predicted octanol–water partition coefficient (Wildman–Crippen LogP) is 3.98. The minimum Gasteiger partial charge on any atom is -0.506 e. The molecule has 0 fully saturated rings. The van der Waals surface area contributed by atoms with Gasteiger partial charge in [0, 0.05) is 17.4 Å². The van der Waals surface area contributed by atoms with Crippen molar-refractivity contribution in [2.75, 3.05) is 11.9 Å². The maximum atomic E-state index is 12.0. The van der Waals surface area contributed by atoms with E-state index in [1.54, 1.807) is 6.07 Å². The summed E-state index contributed by atoms with van der Waals surface area (Å²) in [5.74, 6) is -0.190. The van der Waals surface area contributed by atoms with Gasteiger partial charge in [-0.2, -0.15) is 0 Å². The number of carbonyl (C=O) groups is 1. The molecule has 106 valence electrons. The topological polar surface area (TPSA) is 49.3 Å². The average Bonchev–Trinajstić information content (AvgIpc) is 2.37. The van der Waals surface area contributed by atoms with Crippen molar-refractivity contribution in [1.29, 1.82) is 0 Å². The number of phenolic OH excluding ortho intramolecular Hbond substituents is 1. The first kappa shape index (κ1) is 16.3. The minimum atomic E-state index is -0.172. The molecule has 0 radical (unpaired) electrons. The van der Waals surface area contributed by atoms with Gasteiger partial charge in [-0.15, -0.1) is 0 Å². The Morgan fingerprint density at radius 1 is 1.47 bits per heavy atom. The number of benzene rings is 1. The third-order valence-electron chi connectivity index (χ3n) is 2.92. The fraction of sp³-hybridized carbons (Fsp3) is 0.500. The smallest absolute Gasteiger partial charge is 0.251 e. The van der Waals surface area contributed by atoms with Gasteiger partial charge in [-0.25, -0.2) is 0 Å². The van der Waals surface area contributed by atoms with Crippen molar-refractivity contribution in [3.05, 3.63) is 28.8 Å². The molecule has 0 spiro atoms. The number of aromatic hydroxyl groups is 1. The Morgan fingerprint density at radius 3 is 2.74 bits per heavy atom. The highest BCUT2D eigenvalue weighted by Crippen LogP contribution is 2.24. The second-order valence-electron chi connectivity index (χ2n) is 5.31. The minimum absolute atomic E-state index is 0.0177. The number of nitrogens with one attached hydrogen (secondary N) is 1. The lowest BCUT2D eigenvalue weighted by Gasteiger charge is -2.24. The second kappa shape index (κ2) is 7.15. The van der Waals surface area contributed by atoms with E-state index in [1.165, 1.54) is 12.1 Å². The van der Waals surface area contributed by atoms with Gasteiger partial charge in [-0.3, -0.25) is 4.79 Å². The molecular formula is C14H19BrClNO2. The van der Waals surface area contributed by atoms with Crippen molar-refractivity contribution < 1.29 is 9.90 Å². The summed E-state index contributed by atoms with van der Waals surface area (Å²) in [5.41, 5.74) is 0.517. The van der Waals surface area contributed by atoms with Crippen LogP contribution in [0.2, 0.25) is 5.02 Å². The zero-order valence-corrected chi connectivity index (χ0v) is 13.5. The molecule has 2 N–H and O–H groups in total. The first-order valence-corrected chi connectivity index (χ1v) is 7.68. The van der Waals surface area contributed by atoms with Crippen LogP contribution in [0, 0.1) is 5.41 Å². The van der Waals surface area contributed by atoms with Gasteiger partial charge in [0.2, 0.25) is 0 Å². The molecule has 0 aromatic heterocycles. The Balaban J connectivity index is 2.57. The van der Waals surface area contributed by atoms with Crippen LogP contribution in [-0.2, 0) is 0 Å². The van der Waals surface area contributed by atoms with E-state index in [4.69, 9.17) is 11.6 Å². The number of halogens is 2. The molecule has 0 aliphatic carbocycles. The van der Waals surface area contributed by atoms with Gasteiger partial charge in [-0.05, 0) is 36.5 Å². The SMILES string of the molecule is CC(C)(CCCBr)CNC(=O)c1ccc(O)c(Cl)c1. The van der Waals surface area contributed by atoms with Crippen molar-refractivity contribution in [1.82, 2.24) is 5.32 Å². The molecule has 0 atom stereocenters. The van der Waals surface area contributed by atoms with Gasteiger partial charge in [0.15, 0.2) is 0 Å². The van der Waals surface area contributed by atoms with Crippen LogP contribution in [-0.4, -0.2) is 22.9 Å². The highest BCUT2D eigenvalue weighted by Gasteiger charge is 2.19. The Morgan fingerprint density at radius 2 is 2.16 bits per heavy atom. The van der Waals surface area contributed by atoms with Gasteiger partial charge in [0.1, 0.15) is 5.75 Å². The Hall–Kier alpha value is -0.740. The molecule has 3 nitrogen and oxygen atoms in total. The quantitative estimate of drug-likeness (QED) is 0.764. The lowest BCUT2D eigenvalue weighted by Crippen LogP contribution is -2.34. The summed E-state index contributed by atoms with van der Waals surface area (Å²) in [4.78, 5) is 12.0. The number of alkyl halides is 1. The van der Waals surface area contributed by atoms with Gasteiger partial charge >= 0.3 is 0 Å². The molecule has 0 unspecified atom stereocenters. The van der Waals surface area contributed by atoms with Crippen LogP contribution < -0.4 is 5.32 Å². The standard InChI is InChI=1S/C14H19BrClNO2/c1-14(2,6-3-7-15)9-17-13(19)10-4-5-12(18)11(16)8-10/h4-5,8,18H,3,6-7,9H2,1-2H3,(H,17,19). The van der Waals surface area contributed by atoms with E-state index in [9.17, 15) is 9.90 Å². The summed E-state index contributed by atoms with van der Waals surface area (Å²) in [6.07, 6.45) is 2.11. The molecule has 0 aliphatic rings. The average molecular weight is 349 g/mol. The van der Waals surface area contributed by atoms with Gasteiger partial charge in [-0.1, -0.05) is 41.4 Å². The maximum absolute atomic E-state index is 12.0. The fourth-order valence-electron chi connectivity index (χ4n) is 1.70. The van der Waals surface area contributed by atoms with Crippen molar-refractivity contribution in [2.24, 2.45) is 5.41 Å². The molecule has 1 aromatic carbocycles.